The molecule has 0 fully saturated rings. The molecule has 4 heteroatoms. The number of aromatic amines is 1. The van der Waals surface area contributed by atoms with E-state index in [0.29, 0.717) is 6.42 Å². The Morgan fingerprint density at radius 1 is 0.886 bits per heavy atom. The zero-order valence-corrected chi connectivity index (χ0v) is 19.6. The molecule has 0 bridgehead atoms. The molecule has 1 atom stereocenters. The zero-order valence-electron chi connectivity index (χ0n) is 19.6. The third-order valence-corrected chi connectivity index (χ3v) is 7.03. The van der Waals surface area contributed by atoms with Crippen molar-refractivity contribution >= 4 is 16.6 Å². The number of ketones is 1. The van der Waals surface area contributed by atoms with Crippen molar-refractivity contribution in [3.63, 3.8) is 0 Å². The fraction of sp³-hybridized carbons (Fsp3) is 0.161. The standard InChI is InChI=1S/C31H26N2O2/c1-31(30-32-18-19-33-30,24-10-3-2-4-11-24)35-28-17-16-25-26(12-7-13-27(25)34)29(28)23-15-14-21-8-5-6-9-22(21)20-23/h2-6,8-11,14-20H,7,12-13H2,1H3,(H,32,33)/t31-/m0/s1. The van der Waals surface area contributed by atoms with Gasteiger partial charge in [-0.3, -0.25) is 4.79 Å². The zero-order chi connectivity index (χ0) is 23.8. The van der Waals surface area contributed by atoms with Gasteiger partial charge in [0.1, 0.15) is 5.75 Å². The highest BCUT2D eigenvalue weighted by atomic mass is 16.5. The third kappa shape index (κ3) is 3.71. The molecule has 1 aromatic heterocycles. The molecule has 0 unspecified atom stereocenters. The maximum absolute atomic E-state index is 12.8. The molecule has 0 saturated carbocycles. The van der Waals surface area contributed by atoms with Crippen LogP contribution in [-0.4, -0.2) is 15.8 Å². The van der Waals surface area contributed by atoms with E-state index in [0.717, 1.165) is 57.6 Å². The first kappa shape index (κ1) is 21.4. The van der Waals surface area contributed by atoms with Crippen molar-refractivity contribution in [3.05, 3.63) is 120 Å². The Kier molecular flexibility index (Phi) is 5.22. The minimum atomic E-state index is -0.844. The first-order chi connectivity index (χ1) is 17.1. The molecule has 4 aromatic carbocycles. The molecule has 6 rings (SSSR count). The SMILES string of the molecule is C[C@](Oc1ccc2c(c1-c1ccc3ccccc3c1)CCCC2=O)(c1ccccc1)c1ncc[nH]1. The Bertz CT molecular complexity index is 1520. The molecule has 5 aromatic rings. The fourth-order valence-corrected chi connectivity index (χ4v) is 5.20. The number of imidazole rings is 1. The maximum Gasteiger partial charge on any atom is 0.188 e. The summed E-state index contributed by atoms with van der Waals surface area (Å²) in [5.41, 5.74) is 4.09. The van der Waals surface area contributed by atoms with E-state index < -0.39 is 5.60 Å². The summed E-state index contributed by atoms with van der Waals surface area (Å²) >= 11 is 0. The lowest BCUT2D eigenvalue weighted by Crippen LogP contribution is -2.32. The van der Waals surface area contributed by atoms with Crippen molar-refractivity contribution in [3.8, 4) is 16.9 Å². The van der Waals surface area contributed by atoms with Crippen LogP contribution in [0.25, 0.3) is 21.9 Å². The summed E-state index contributed by atoms with van der Waals surface area (Å²) in [7, 11) is 0. The molecule has 1 aliphatic carbocycles. The number of hydrogen-bond acceptors (Lipinski definition) is 3. The van der Waals surface area contributed by atoms with Crippen LogP contribution in [0, 0.1) is 0 Å². The molecule has 0 spiro atoms. The molecule has 0 radical (unpaired) electrons. The predicted molar refractivity (Wildman–Crippen MR) is 139 cm³/mol. The normalized spacial score (nSPS) is 14.9. The van der Waals surface area contributed by atoms with Gasteiger partial charge in [-0.15, -0.1) is 0 Å². The Labute approximate surface area is 204 Å². The van der Waals surface area contributed by atoms with E-state index in [-0.39, 0.29) is 5.78 Å². The molecule has 1 heterocycles. The van der Waals surface area contributed by atoms with Crippen LogP contribution in [0.3, 0.4) is 0 Å². The third-order valence-electron chi connectivity index (χ3n) is 7.03. The number of carbonyl (C=O) groups is 1. The lowest BCUT2D eigenvalue weighted by molar-refractivity contribution is 0.0972. The van der Waals surface area contributed by atoms with Gasteiger partial charge in [-0.2, -0.15) is 0 Å². The molecular formula is C31H26N2O2. The molecule has 35 heavy (non-hydrogen) atoms. The van der Waals surface area contributed by atoms with E-state index in [9.17, 15) is 4.79 Å². The summed E-state index contributed by atoms with van der Waals surface area (Å²) in [6.07, 6.45) is 5.86. The van der Waals surface area contributed by atoms with Gasteiger partial charge in [0.15, 0.2) is 17.2 Å². The summed E-state index contributed by atoms with van der Waals surface area (Å²) in [5.74, 6) is 1.68. The van der Waals surface area contributed by atoms with Gasteiger partial charge in [0, 0.05) is 35.5 Å². The summed E-state index contributed by atoms with van der Waals surface area (Å²) in [5, 5.41) is 2.34. The van der Waals surface area contributed by atoms with Gasteiger partial charge < -0.3 is 9.72 Å². The van der Waals surface area contributed by atoms with Crippen molar-refractivity contribution in [2.75, 3.05) is 0 Å². The number of fused-ring (bicyclic) bond motifs is 2. The van der Waals surface area contributed by atoms with Crippen LogP contribution >= 0.6 is 0 Å². The number of carbonyl (C=O) groups excluding carboxylic acids is 1. The number of aromatic nitrogens is 2. The molecule has 0 aliphatic heterocycles. The van der Waals surface area contributed by atoms with Gasteiger partial charge in [0.05, 0.1) is 0 Å². The van der Waals surface area contributed by atoms with Gasteiger partial charge in [-0.1, -0.05) is 66.7 Å². The van der Waals surface area contributed by atoms with Crippen LogP contribution in [0.4, 0.5) is 0 Å². The minimum absolute atomic E-state index is 0.205. The Morgan fingerprint density at radius 2 is 1.69 bits per heavy atom. The number of ether oxygens (including phenoxy) is 1. The van der Waals surface area contributed by atoms with E-state index in [1.807, 2.05) is 49.5 Å². The van der Waals surface area contributed by atoms with Crippen molar-refractivity contribution in [1.82, 2.24) is 9.97 Å². The Balaban J connectivity index is 1.57. The summed E-state index contributed by atoms with van der Waals surface area (Å²) < 4.78 is 6.93. The van der Waals surface area contributed by atoms with Gasteiger partial charge in [-0.25, -0.2) is 4.98 Å². The molecule has 0 amide bonds. The van der Waals surface area contributed by atoms with Crippen molar-refractivity contribution in [1.29, 1.82) is 0 Å². The Morgan fingerprint density at radius 3 is 2.49 bits per heavy atom. The smallest absolute Gasteiger partial charge is 0.188 e. The first-order valence-electron chi connectivity index (χ1n) is 12.1. The molecule has 0 saturated heterocycles. The van der Waals surface area contributed by atoms with Crippen LogP contribution in [0.2, 0.25) is 0 Å². The Hall–Kier alpha value is -4.18. The van der Waals surface area contributed by atoms with E-state index in [1.165, 1.54) is 5.39 Å². The van der Waals surface area contributed by atoms with E-state index >= 15 is 0 Å². The fourth-order valence-electron chi connectivity index (χ4n) is 5.20. The second kappa shape index (κ2) is 8.55. The van der Waals surface area contributed by atoms with Crippen LogP contribution in [-0.2, 0) is 12.0 Å². The number of rotatable bonds is 5. The largest absolute Gasteiger partial charge is 0.474 e. The monoisotopic (exact) mass is 458 g/mol. The number of nitrogens with one attached hydrogen (secondary N) is 1. The molecule has 1 N–H and O–H groups in total. The molecule has 172 valence electrons. The summed E-state index contributed by atoms with van der Waals surface area (Å²) in [6, 6.07) is 28.8. The second-order valence-electron chi connectivity index (χ2n) is 9.24. The first-order valence-corrected chi connectivity index (χ1v) is 12.1. The number of nitrogens with zero attached hydrogens (tertiary/aromatic N) is 1. The average Bonchev–Trinajstić information content (AvgIpc) is 3.45. The maximum atomic E-state index is 12.8. The van der Waals surface area contributed by atoms with Gasteiger partial charge >= 0.3 is 0 Å². The van der Waals surface area contributed by atoms with Gasteiger partial charge in [0.2, 0.25) is 0 Å². The van der Waals surface area contributed by atoms with Crippen LogP contribution in [0.15, 0.2) is 97.3 Å². The lowest BCUT2D eigenvalue weighted by Gasteiger charge is -2.32. The lowest BCUT2D eigenvalue weighted by atomic mass is 9.84. The second-order valence-corrected chi connectivity index (χ2v) is 9.24. The van der Waals surface area contributed by atoms with Crippen molar-refractivity contribution < 1.29 is 9.53 Å². The minimum Gasteiger partial charge on any atom is -0.474 e. The van der Waals surface area contributed by atoms with Crippen molar-refractivity contribution in [2.24, 2.45) is 0 Å². The van der Waals surface area contributed by atoms with Crippen LogP contribution in [0.5, 0.6) is 5.75 Å². The highest BCUT2D eigenvalue weighted by Crippen LogP contribution is 2.43. The highest BCUT2D eigenvalue weighted by Gasteiger charge is 2.36. The average molecular weight is 459 g/mol. The van der Waals surface area contributed by atoms with E-state index in [2.05, 4.69) is 58.5 Å². The topological polar surface area (TPSA) is 55.0 Å². The number of H-pyrrole nitrogens is 1. The number of hydrogen-bond donors (Lipinski definition) is 1. The van der Waals surface area contributed by atoms with E-state index in [4.69, 9.17) is 4.74 Å². The van der Waals surface area contributed by atoms with Gasteiger partial charge in [-0.05, 0) is 59.9 Å². The summed E-state index contributed by atoms with van der Waals surface area (Å²) in [4.78, 5) is 20.7. The highest BCUT2D eigenvalue weighted by molar-refractivity contribution is 6.01. The van der Waals surface area contributed by atoms with Gasteiger partial charge in [0.25, 0.3) is 0 Å². The number of Topliss-reactive ketones (excluding diaryl/α,β-unsaturated/α-hetero) is 1. The van der Waals surface area contributed by atoms with Crippen LogP contribution in [0.1, 0.15) is 47.1 Å². The summed E-state index contributed by atoms with van der Waals surface area (Å²) in [6.45, 7) is 2.04. The molecule has 4 nitrogen and oxygen atoms in total. The van der Waals surface area contributed by atoms with E-state index in [1.54, 1.807) is 6.20 Å². The number of benzene rings is 4. The molecule has 1 aliphatic rings. The molecular weight excluding hydrogens is 432 g/mol. The predicted octanol–water partition coefficient (Wildman–Crippen LogP) is 7.09. The quantitative estimate of drug-likeness (QED) is 0.306. The van der Waals surface area contributed by atoms with Crippen LogP contribution < -0.4 is 4.74 Å². The van der Waals surface area contributed by atoms with Crippen molar-refractivity contribution in [2.45, 2.75) is 31.8 Å².